The van der Waals surface area contributed by atoms with Crippen LogP contribution in [0.1, 0.15) is 18.8 Å². The number of hydrogen-bond donors (Lipinski definition) is 1. The number of rotatable bonds is 2. The van der Waals surface area contributed by atoms with Crippen molar-refractivity contribution in [1.29, 1.82) is 5.26 Å². The van der Waals surface area contributed by atoms with Crippen LogP contribution in [-0.2, 0) is 6.54 Å². The lowest BCUT2D eigenvalue weighted by Crippen LogP contribution is -2.10. The first-order valence-electron chi connectivity index (χ1n) is 3.41. The predicted octanol–water partition coefficient (Wildman–Crippen LogP) is 0.426. The van der Waals surface area contributed by atoms with E-state index in [4.69, 9.17) is 11.0 Å². The lowest BCUT2D eigenvalue weighted by molar-refractivity contribution is 0.630. The Hall–Kier alpha value is -1.34. The van der Waals surface area contributed by atoms with Crippen molar-refractivity contribution in [1.82, 2.24) is 9.55 Å². The maximum Gasteiger partial charge on any atom is 0.123 e. The summed E-state index contributed by atoms with van der Waals surface area (Å²) < 4.78 is 1.76. The summed E-state index contributed by atoms with van der Waals surface area (Å²) in [6.45, 7) is 2.18. The molecule has 1 atom stereocenters. The van der Waals surface area contributed by atoms with Crippen LogP contribution in [-0.4, -0.2) is 9.55 Å². The molecule has 0 aliphatic rings. The highest BCUT2D eigenvalue weighted by molar-refractivity contribution is 4.99. The van der Waals surface area contributed by atoms with Crippen molar-refractivity contribution in [3.8, 4) is 6.07 Å². The van der Waals surface area contributed by atoms with Gasteiger partial charge < -0.3 is 10.3 Å². The van der Waals surface area contributed by atoms with Gasteiger partial charge in [0.05, 0.1) is 12.6 Å². The molecule has 1 unspecified atom stereocenters. The van der Waals surface area contributed by atoms with Gasteiger partial charge in [0.25, 0.3) is 0 Å². The smallest absolute Gasteiger partial charge is 0.123 e. The monoisotopic (exact) mass is 150 g/mol. The van der Waals surface area contributed by atoms with Crippen LogP contribution in [0.3, 0.4) is 0 Å². The van der Waals surface area contributed by atoms with Gasteiger partial charge in [0.15, 0.2) is 0 Å². The first-order chi connectivity index (χ1) is 5.29. The SMILES string of the molecule is CC(C#N)n1ccnc1CN. The summed E-state index contributed by atoms with van der Waals surface area (Å²) in [6.07, 6.45) is 3.41. The van der Waals surface area contributed by atoms with E-state index in [0.29, 0.717) is 6.54 Å². The van der Waals surface area contributed by atoms with Gasteiger partial charge in [0.2, 0.25) is 0 Å². The van der Waals surface area contributed by atoms with Gasteiger partial charge in [-0.2, -0.15) is 5.26 Å². The number of nitrogens with zero attached hydrogens (tertiary/aromatic N) is 3. The molecule has 0 saturated heterocycles. The normalized spacial score (nSPS) is 12.5. The molecule has 0 fully saturated rings. The second kappa shape index (κ2) is 3.17. The van der Waals surface area contributed by atoms with E-state index in [1.54, 1.807) is 23.9 Å². The number of nitrogens with two attached hydrogens (primary N) is 1. The van der Waals surface area contributed by atoms with E-state index in [1.807, 2.05) is 0 Å². The van der Waals surface area contributed by atoms with Crippen LogP contribution in [0.4, 0.5) is 0 Å². The molecule has 2 N–H and O–H groups in total. The van der Waals surface area contributed by atoms with Gasteiger partial charge in [-0.05, 0) is 6.92 Å². The molecule has 0 bridgehead atoms. The molecule has 58 valence electrons. The van der Waals surface area contributed by atoms with Crippen LogP contribution in [0.2, 0.25) is 0 Å². The Morgan fingerprint density at radius 1 is 1.91 bits per heavy atom. The van der Waals surface area contributed by atoms with Gasteiger partial charge in [-0.1, -0.05) is 0 Å². The van der Waals surface area contributed by atoms with Crippen LogP contribution < -0.4 is 5.73 Å². The fourth-order valence-electron chi connectivity index (χ4n) is 0.917. The number of imidazole rings is 1. The average Bonchev–Trinajstić information content (AvgIpc) is 2.50. The molecule has 0 radical (unpaired) electrons. The Kier molecular flexibility index (Phi) is 2.24. The Labute approximate surface area is 65.3 Å². The lowest BCUT2D eigenvalue weighted by Gasteiger charge is -2.06. The molecule has 0 aliphatic carbocycles. The van der Waals surface area contributed by atoms with Gasteiger partial charge in [-0.3, -0.25) is 0 Å². The number of nitriles is 1. The molecule has 1 heterocycles. The molecule has 0 amide bonds. The quantitative estimate of drug-likeness (QED) is 0.664. The summed E-state index contributed by atoms with van der Waals surface area (Å²) in [6, 6.07) is 1.93. The molecule has 1 aromatic heterocycles. The molecular formula is C7H10N4. The van der Waals surface area contributed by atoms with Gasteiger partial charge in [-0.25, -0.2) is 4.98 Å². The molecule has 4 nitrogen and oxygen atoms in total. The fourth-order valence-corrected chi connectivity index (χ4v) is 0.917. The first-order valence-corrected chi connectivity index (χ1v) is 3.41. The zero-order valence-electron chi connectivity index (χ0n) is 6.36. The Morgan fingerprint density at radius 2 is 2.64 bits per heavy atom. The van der Waals surface area contributed by atoms with Gasteiger partial charge in [0, 0.05) is 12.4 Å². The third kappa shape index (κ3) is 1.38. The second-order valence-electron chi connectivity index (χ2n) is 2.26. The minimum atomic E-state index is -0.184. The summed E-state index contributed by atoms with van der Waals surface area (Å²) in [5.41, 5.74) is 5.39. The minimum absolute atomic E-state index is 0.184. The zero-order chi connectivity index (χ0) is 8.27. The van der Waals surface area contributed by atoms with Crippen LogP contribution in [0.5, 0.6) is 0 Å². The minimum Gasteiger partial charge on any atom is -0.324 e. The van der Waals surface area contributed by atoms with E-state index in [0.717, 1.165) is 5.82 Å². The fraction of sp³-hybridized carbons (Fsp3) is 0.429. The zero-order valence-corrected chi connectivity index (χ0v) is 6.36. The Bertz CT molecular complexity index is 270. The molecule has 11 heavy (non-hydrogen) atoms. The summed E-state index contributed by atoms with van der Waals surface area (Å²) in [7, 11) is 0. The lowest BCUT2D eigenvalue weighted by atomic mass is 10.3. The molecular weight excluding hydrogens is 140 g/mol. The van der Waals surface area contributed by atoms with Gasteiger partial charge >= 0.3 is 0 Å². The Morgan fingerprint density at radius 3 is 3.18 bits per heavy atom. The standard InChI is InChI=1S/C7H10N4/c1-6(4-8)11-3-2-10-7(11)5-9/h2-3,6H,5,9H2,1H3. The van der Waals surface area contributed by atoms with Crippen molar-refractivity contribution in [2.45, 2.75) is 19.5 Å². The molecule has 1 rings (SSSR count). The molecule has 0 aromatic carbocycles. The van der Waals surface area contributed by atoms with Gasteiger partial charge in [-0.15, -0.1) is 0 Å². The third-order valence-corrected chi connectivity index (χ3v) is 1.54. The van der Waals surface area contributed by atoms with E-state index in [1.165, 1.54) is 0 Å². The summed E-state index contributed by atoms with van der Waals surface area (Å²) in [5, 5.41) is 8.59. The summed E-state index contributed by atoms with van der Waals surface area (Å²) >= 11 is 0. The average molecular weight is 150 g/mol. The third-order valence-electron chi connectivity index (χ3n) is 1.54. The van der Waals surface area contributed by atoms with Crippen molar-refractivity contribution < 1.29 is 0 Å². The number of aromatic nitrogens is 2. The highest BCUT2D eigenvalue weighted by Gasteiger charge is 2.05. The van der Waals surface area contributed by atoms with Crippen LogP contribution >= 0.6 is 0 Å². The number of hydrogen-bond acceptors (Lipinski definition) is 3. The first kappa shape index (κ1) is 7.76. The summed E-state index contributed by atoms with van der Waals surface area (Å²) in [4.78, 5) is 3.99. The van der Waals surface area contributed by atoms with E-state index >= 15 is 0 Å². The molecule has 4 heteroatoms. The molecule has 0 saturated carbocycles. The van der Waals surface area contributed by atoms with Crippen molar-refractivity contribution in [3.63, 3.8) is 0 Å². The second-order valence-corrected chi connectivity index (χ2v) is 2.26. The molecule has 0 aliphatic heterocycles. The van der Waals surface area contributed by atoms with Crippen LogP contribution in [0.15, 0.2) is 12.4 Å². The maximum atomic E-state index is 8.59. The predicted molar refractivity (Wildman–Crippen MR) is 40.4 cm³/mol. The Balaban J connectivity index is 2.94. The maximum absolute atomic E-state index is 8.59. The van der Waals surface area contributed by atoms with Crippen molar-refractivity contribution >= 4 is 0 Å². The van der Waals surface area contributed by atoms with E-state index < -0.39 is 0 Å². The van der Waals surface area contributed by atoms with Gasteiger partial charge in [0.1, 0.15) is 11.9 Å². The topological polar surface area (TPSA) is 67.6 Å². The van der Waals surface area contributed by atoms with Crippen molar-refractivity contribution in [2.24, 2.45) is 5.73 Å². The van der Waals surface area contributed by atoms with Crippen molar-refractivity contribution in [3.05, 3.63) is 18.2 Å². The largest absolute Gasteiger partial charge is 0.324 e. The van der Waals surface area contributed by atoms with Crippen molar-refractivity contribution in [2.75, 3.05) is 0 Å². The van der Waals surface area contributed by atoms with Crippen LogP contribution in [0.25, 0.3) is 0 Å². The highest BCUT2D eigenvalue weighted by Crippen LogP contribution is 2.06. The highest BCUT2D eigenvalue weighted by atomic mass is 15.1. The van der Waals surface area contributed by atoms with E-state index in [2.05, 4.69) is 11.1 Å². The van der Waals surface area contributed by atoms with E-state index in [-0.39, 0.29) is 6.04 Å². The van der Waals surface area contributed by atoms with Crippen LogP contribution in [0, 0.1) is 11.3 Å². The summed E-state index contributed by atoms with van der Waals surface area (Å²) in [5.74, 6) is 0.749. The molecule has 0 spiro atoms. The van der Waals surface area contributed by atoms with E-state index in [9.17, 15) is 0 Å². The molecule has 1 aromatic rings.